The van der Waals surface area contributed by atoms with Crippen LogP contribution in [0.2, 0.25) is 5.02 Å². The van der Waals surface area contributed by atoms with Gasteiger partial charge in [-0.15, -0.1) is 0 Å². The van der Waals surface area contributed by atoms with Crippen LogP contribution in [0, 0.1) is 6.92 Å². The number of benzene rings is 1. The van der Waals surface area contributed by atoms with Gasteiger partial charge in [0.25, 0.3) is 0 Å². The first-order valence-corrected chi connectivity index (χ1v) is 6.09. The molecule has 88 valence electrons. The zero-order valence-electron chi connectivity index (χ0n) is 9.22. The summed E-state index contributed by atoms with van der Waals surface area (Å²) in [5.41, 5.74) is 2.01. The molecule has 17 heavy (non-hydrogen) atoms. The predicted octanol–water partition coefficient (Wildman–Crippen LogP) is 2.62. The van der Waals surface area contributed by atoms with Crippen LogP contribution in [0.5, 0.6) is 0 Å². The molecule has 2 rings (SSSR count). The number of thiol groups is 1. The van der Waals surface area contributed by atoms with Gasteiger partial charge in [0.15, 0.2) is 0 Å². The Labute approximate surface area is 109 Å². The Balaban J connectivity index is 2.59. The van der Waals surface area contributed by atoms with Gasteiger partial charge in [0.2, 0.25) is 5.43 Å². The normalized spacial score (nSPS) is 10.5. The molecule has 0 unspecified atom stereocenters. The molecule has 0 saturated heterocycles. The monoisotopic (exact) mass is 266 g/mol. The van der Waals surface area contributed by atoms with Crippen molar-refractivity contribution in [2.45, 2.75) is 12.7 Å². The molecule has 1 heterocycles. The van der Waals surface area contributed by atoms with E-state index in [-0.39, 0.29) is 5.43 Å². The second-order valence-corrected chi connectivity index (χ2v) is 4.40. The Hall–Kier alpha value is -1.26. The second-order valence-electron chi connectivity index (χ2n) is 3.64. The molecule has 1 aromatic heterocycles. The maximum Gasteiger partial charge on any atom is 0.204 e. The maximum atomic E-state index is 11.6. The van der Waals surface area contributed by atoms with Crippen molar-refractivity contribution in [1.82, 2.24) is 9.78 Å². The molecule has 0 spiro atoms. The molecule has 5 heteroatoms. The number of nitrogens with zero attached hydrogens (tertiary/aromatic N) is 2. The minimum atomic E-state index is -0.0808. The van der Waals surface area contributed by atoms with Crippen LogP contribution in [0.1, 0.15) is 11.4 Å². The maximum absolute atomic E-state index is 11.6. The molecule has 2 aromatic rings. The summed E-state index contributed by atoms with van der Waals surface area (Å²) in [6.07, 6.45) is 0. The number of aromatic nitrogens is 2. The quantitative estimate of drug-likeness (QED) is 0.848. The highest BCUT2D eigenvalue weighted by molar-refractivity contribution is 7.79. The van der Waals surface area contributed by atoms with Crippen LogP contribution in [0.3, 0.4) is 0 Å². The van der Waals surface area contributed by atoms with Crippen LogP contribution in [0.15, 0.2) is 35.1 Å². The fourth-order valence-electron chi connectivity index (χ4n) is 1.54. The Morgan fingerprint density at radius 1 is 1.35 bits per heavy atom. The van der Waals surface area contributed by atoms with Crippen molar-refractivity contribution in [3.05, 3.63) is 57.0 Å². The molecule has 1 aromatic carbocycles. The van der Waals surface area contributed by atoms with Crippen LogP contribution in [-0.2, 0) is 5.75 Å². The molecule has 0 radical (unpaired) electrons. The van der Waals surface area contributed by atoms with Crippen LogP contribution in [0.25, 0.3) is 5.69 Å². The number of rotatable bonds is 2. The minimum Gasteiger partial charge on any atom is -0.288 e. The summed E-state index contributed by atoms with van der Waals surface area (Å²) in [5, 5.41) is 4.94. The molecule has 0 fully saturated rings. The van der Waals surface area contributed by atoms with E-state index in [1.807, 2.05) is 19.1 Å². The first kappa shape index (κ1) is 12.2. The van der Waals surface area contributed by atoms with Gasteiger partial charge < -0.3 is 0 Å². The predicted molar refractivity (Wildman–Crippen MR) is 72.3 cm³/mol. The van der Waals surface area contributed by atoms with Gasteiger partial charge in [0.05, 0.1) is 5.69 Å². The zero-order valence-corrected chi connectivity index (χ0v) is 10.9. The van der Waals surface area contributed by atoms with Crippen molar-refractivity contribution < 1.29 is 0 Å². The molecule has 3 nitrogen and oxygen atoms in total. The summed E-state index contributed by atoms with van der Waals surface area (Å²) in [5.74, 6) is 0.326. The summed E-state index contributed by atoms with van der Waals surface area (Å²) in [7, 11) is 0. The van der Waals surface area contributed by atoms with Gasteiger partial charge >= 0.3 is 0 Å². The lowest BCUT2D eigenvalue weighted by atomic mass is 10.3. The lowest BCUT2D eigenvalue weighted by molar-refractivity contribution is 0.774. The van der Waals surface area contributed by atoms with Crippen LogP contribution >= 0.6 is 24.2 Å². The first-order chi connectivity index (χ1) is 8.11. The van der Waals surface area contributed by atoms with Crippen molar-refractivity contribution >= 4 is 24.2 Å². The highest BCUT2D eigenvalue weighted by atomic mass is 35.5. The van der Waals surface area contributed by atoms with Crippen molar-refractivity contribution in [2.24, 2.45) is 0 Å². The Kier molecular flexibility index (Phi) is 3.54. The molecule has 0 bridgehead atoms. The van der Waals surface area contributed by atoms with E-state index in [1.54, 1.807) is 22.9 Å². The summed E-state index contributed by atoms with van der Waals surface area (Å²) < 4.78 is 1.71. The molecular formula is C12H11ClN2OS. The minimum absolute atomic E-state index is 0.0808. The molecule has 0 aliphatic rings. The van der Waals surface area contributed by atoms with Gasteiger partial charge in [-0.1, -0.05) is 11.6 Å². The Morgan fingerprint density at radius 2 is 2.00 bits per heavy atom. The van der Waals surface area contributed by atoms with Crippen molar-refractivity contribution in [1.29, 1.82) is 0 Å². The van der Waals surface area contributed by atoms with E-state index >= 15 is 0 Å². The molecule has 0 aliphatic carbocycles. The van der Waals surface area contributed by atoms with Crippen molar-refractivity contribution in [3.63, 3.8) is 0 Å². The van der Waals surface area contributed by atoms with Crippen molar-refractivity contribution in [3.8, 4) is 5.69 Å². The van der Waals surface area contributed by atoms with Gasteiger partial charge in [-0.25, -0.2) is 4.68 Å². The number of aryl methyl sites for hydroxylation is 1. The molecule has 0 aliphatic heterocycles. The Morgan fingerprint density at radius 3 is 2.59 bits per heavy atom. The summed E-state index contributed by atoms with van der Waals surface area (Å²) >= 11 is 9.92. The molecule has 0 amide bonds. The third-order valence-electron chi connectivity index (χ3n) is 2.40. The van der Waals surface area contributed by atoms with E-state index < -0.39 is 0 Å². The SMILES string of the molecule is Cc1cc(=O)c(CS)nn1-c1ccc(Cl)cc1. The third-order valence-corrected chi connectivity index (χ3v) is 2.95. The van der Waals surface area contributed by atoms with Crippen LogP contribution < -0.4 is 5.43 Å². The summed E-state index contributed by atoms with van der Waals surface area (Å²) in [6, 6.07) is 8.85. The van der Waals surface area contributed by atoms with Crippen LogP contribution in [-0.4, -0.2) is 9.78 Å². The van der Waals surface area contributed by atoms with E-state index in [0.717, 1.165) is 11.4 Å². The Bertz CT molecular complexity index is 592. The number of hydrogen-bond acceptors (Lipinski definition) is 3. The lowest BCUT2D eigenvalue weighted by Gasteiger charge is -2.10. The summed E-state index contributed by atoms with van der Waals surface area (Å²) in [6.45, 7) is 1.84. The van der Waals surface area contributed by atoms with Crippen LogP contribution in [0.4, 0.5) is 0 Å². The standard InChI is InChI=1S/C12H11ClN2OS/c1-8-6-12(16)11(7-17)14-15(8)10-4-2-9(13)3-5-10/h2-6,17H,7H2,1H3. The van der Waals surface area contributed by atoms with Gasteiger partial charge in [-0.2, -0.15) is 17.7 Å². The van der Waals surface area contributed by atoms with E-state index in [2.05, 4.69) is 17.7 Å². The number of halogens is 1. The third kappa shape index (κ3) is 2.53. The van der Waals surface area contributed by atoms with E-state index in [4.69, 9.17) is 11.6 Å². The van der Waals surface area contributed by atoms with E-state index in [0.29, 0.717) is 16.5 Å². The highest BCUT2D eigenvalue weighted by Crippen LogP contribution is 2.13. The molecule has 0 saturated carbocycles. The van der Waals surface area contributed by atoms with E-state index in [9.17, 15) is 4.79 Å². The smallest absolute Gasteiger partial charge is 0.204 e. The summed E-state index contributed by atoms with van der Waals surface area (Å²) in [4.78, 5) is 11.6. The zero-order chi connectivity index (χ0) is 12.4. The van der Waals surface area contributed by atoms with Gasteiger partial charge in [-0.3, -0.25) is 4.79 Å². The van der Waals surface area contributed by atoms with Gasteiger partial charge in [0, 0.05) is 22.5 Å². The number of hydrogen-bond donors (Lipinski definition) is 1. The average Bonchev–Trinajstić information content (AvgIpc) is 2.31. The fourth-order valence-corrected chi connectivity index (χ4v) is 1.88. The van der Waals surface area contributed by atoms with Gasteiger partial charge in [0.1, 0.15) is 5.69 Å². The largest absolute Gasteiger partial charge is 0.288 e. The van der Waals surface area contributed by atoms with Crippen molar-refractivity contribution in [2.75, 3.05) is 0 Å². The topological polar surface area (TPSA) is 34.9 Å². The highest BCUT2D eigenvalue weighted by Gasteiger charge is 2.06. The van der Waals surface area contributed by atoms with Gasteiger partial charge in [-0.05, 0) is 31.2 Å². The lowest BCUT2D eigenvalue weighted by Crippen LogP contribution is -2.17. The first-order valence-electron chi connectivity index (χ1n) is 5.08. The average molecular weight is 267 g/mol. The second kappa shape index (κ2) is 4.94. The molecule has 0 atom stereocenters. The molecular weight excluding hydrogens is 256 g/mol. The fraction of sp³-hybridized carbons (Fsp3) is 0.167. The van der Waals surface area contributed by atoms with E-state index in [1.165, 1.54) is 0 Å². The molecule has 0 N–H and O–H groups in total.